The van der Waals surface area contributed by atoms with Crippen molar-refractivity contribution in [3.8, 4) is 0 Å². The third kappa shape index (κ3) is 1.85. The zero-order valence-electron chi connectivity index (χ0n) is 9.87. The molecule has 0 radical (unpaired) electrons. The minimum atomic E-state index is -1.32. The molecule has 0 heterocycles. The predicted molar refractivity (Wildman–Crippen MR) is 67.5 cm³/mol. The number of Topliss-reactive ketones (excluding diaryl/α,β-unsaturated/α-hetero) is 2. The van der Waals surface area contributed by atoms with Crippen LogP contribution < -0.4 is 0 Å². The van der Waals surface area contributed by atoms with Crippen LogP contribution in [-0.4, -0.2) is 21.0 Å². The summed E-state index contributed by atoms with van der Waals surface area (Å²) < 4.78 is 12.5. The first-order valence-corrected chi connectivity index (χ1v) is 7.38. The summed E-state index contributed by atoms with van der Waals surface area (Å²) in [5.41, 5.74) is 0. The lowest BCUT2D eigenvalue weighted by atomic mass is 10.0. The lowest BCUT2D eigenvalue weighted by Crippen LogP contribution is -2.27. The maximum atomic E-state index is 12.5. The lowest BCUT2D eigenvalue weighted by Gasteiger charge is -2.15. The molecule has 18 heavy (non-hydrogen) atoms. The van der Waals surface area contributed by atoms with E-state index in [0.717, 1.165) is 0 Å². The van der Waals surface area contributed by atoms with Crippen LogP contribution in [0.15, 0.2) is 35.2 Å². The quantitative estimate of drug-likeness (QED) is 0.815. The molecule has 0 bridgehead atoms. The smallest absolute Gasteiger partial charge is 0.149 e. The molecule has 0 aliphatic heterocycles. The van der Waals surface area contributed by atoms with E-state index in [-0.39, 0.29) is 23.4 Å². The molecular formula is C14H14O3S. The van der Waals surface area contributed by atoms with Crippen molar-refractivity contribution in [3.63, 3.8) is 0 Å². The number of rotatable bonds is 2. The first kappa shape index (κ1) is 11.8. The number of hydrogen-bond donors (Lipinski definition) is 0. The van der Waals surface area contributed by atoms with Crippen molar-refractivity contribution in [3.05, 3.63) is 30.3 Å². The maximum absolute atomic E-state index is 12.5. The summed E-state index contributed by atoms with van der Waals surface area (Å²) in [6.45, 7) is 0. The van der Waals surface area contributed by atoms with Gasteiger partial charge in [0, 0.05) is 24.2 Å². The summed E-state index contributed by atoms with van der Waals surface area (Å²) in [6.07, 6.45) is 1.36. The molecule has 0 saturated heterocycles. The Balaban J connectivity index is 1.90. The molecule has 3 rings (SSSR count). The zero-order chi connectivity index (χ0) is 12.7. The molecule has 3 nitrogen and oxygen atoms in total. The van der Waals surface area contributed by atoms with Gasteiger partial charge < -0.3 is 0 Å². The van der Waals surface area contributed by atoms with Crippen LogP contribution in [0.2, 0.25) is 0 Å². The molecule has 0 N–H and O–H groups in total. The van der Waals surface area contributed by atoms with Crippen LogP contribution in [0, 0.1) is 11.8 Å². The second kappa shape index (κ2) is 4.43. The average Bonchev–Trinajstić information content (AvgIpc) is 2.84. The van der Waals surface area contributed by atoms with Crippen LogP contribution in [0.3, 0.4) is 0 Å². The summed E-state index contributed by atoms with van der Waals surface area (Å²) in [5.74, 6) is 0.431. The zero-order valence-corrected chi connectivity index (χ0v) is 10.7. The molecule has 2 aliphatic carbocycles. The number of carbonyl (C=O) groups is 2. The monoisotopic (exact) mass is 262 g/mol. The van der Waals surface area contributed by atoms with Crippen molar-refractivity contribution >= 4 is 22.4 Å². The fourth-order valence-electron chi connectivity index (χ4n) is 3.13. The molecule has 2 aliphatic rings. The Kier molecular flexibility index (Phi) is 2.90. The van der Waals surface area contributed by atoms with Crippen molar-refractivity contribution in [1.82, 2.24) is 0 Å². The Bertz CT molecular complexity index is 523. The SMILES string of the molecule is O=C1C[C@@H]2CC(=O)[C@@H]([S@](=O)c3ccccc3)[C@@H]2C1. The largest absolute Gasteiger partial charge is 0.300 e. The minimum Gasteiger partial charge on any atom is -0.300 e. The first-order chi connectivity index (χ1) is 8.66. The number of carbonyl (C=O) groups excluding carboxylic acids is 2. The van der Waals surface area contributed by atoms with Crippen LogP contribution >= 0.6 is 0 Å². The minimum absolute atomic E-state index is 0.00559. The van der Waals surface area contributed by atoms with Gasteiger partial charge in [-0.1, -0.05) is 18.2 Å². The molecule has 0 amide bonds. The van der Waals surface area contributed by atoms with Gasteiger partial charge in [-0.15, -0.1) is 0 Å². The van der Waals surface area contributed by atoms with Crippen molar-refractivity contribution in [2.75, 3.05) is 0 Å². The fraction of sp³-hybridized carbons (Fsp3) is 0.429. The highest BCUT2D eigenvalue weighted by Gasteiger charge is 2.50. The molecule has 4 heteroatoms. The summed E-state index contributed by atoms with van der Waals surface area (Å²) in [5, 5.41) is -0.469. The van der Waals surface area contributed by atoms with Gasteiger partial charge in [-0.3, -0.25) is 13.8 Å². The highest BCUT2D eigenvalue weighted by atomic mass is 32.2. The molecule has 1 aromatic carbocycles. The predicted octanol–water partition coefficient (Wildman–Crippen LogP) is 1.73. The summed E-state index contributed by atoms with van der Waals surface area (Å²) in [4.78, 5) is 24.2. The van der Waals surface area contributed by atoms with E-state index in [1.807, 2.05) is 18.2 Å². The summed E-state index contributed by atoms with van der Waals surface area (Å²) in [7, 11) is -1.32. The lowest BCUT2D eigenvalue weighted by molar-refractivity contribution is -0.119. The fourth-order valence-corrected chi connectivity index (χ4v) is 4.82. The van der Waals surface area contributed by atoms with Crippen LogP contribution in [0.5, 0.6) is 0 Å². The van der Waals surface area contributed by atoms with E-state index in [2.05, 4.69) is 0 Å². The van der Waals surface area contributed by atoms with Gasteiger partial charge in [-0.05, 0) is 24.0 Å². The number of benzene rings is 1. The second-order valence-electron chi connectivity index (χ2n) is 5.07. The van der Waals surface area contributed by atoms with Crippen molar-refractivity contribution in [2.24, 2.45) is 11.8 Å². The van der Waals surface area contributed by atoms with Gasteiger partial charge in [0.1, 0.15) is 16.8 Å². The molecule has 2 fully saturated rings. The first-order valence-electron chi connectivity index (χ1n) is 6.17. The molecule has 0 aromatic heterocycles. The van der Waals surface area contributed by atoms with E-state index in [0.29, 0.717) is 24.2 Å². The van der Waals surface area contributed by atoms with E-state index in [1.54, 1.807) is 12.1 Å². The Morgan fingerprint density at radius 3 is 2.44 bits per heavy atom. The number of hydrogen-bond acceptors (Lipinski definition) is 3. The highest BCUT2D eigenvalue weighted by Crippen LogP contribution is 2.43. The van der Waals surface area contributed by atoms with Crippen molar-refractivity contribution in [2.45, 2.75) is 29.4 Å². The molecule has 1 aromatic rings. The van der Waals surface area contributed by atoms with Gasteiger partial charge in [0.15, 0.2) is 0 Å². The van der Waals surface area contributed by atoms with E-state index >= 15 is 0 Å². The average molecular weight is 262 g/mol. The number of fused-ring (bicyclic) bond motifs is 1. The molecule has 94 valence electrons. The van der Waals surface area contributed by atoms with Crippen LogP contribution in [0.1, 0.15) is 19.3 Å². The van der Waals surface area contributed by atoms with Crippen LogP contribution in [0.25, 0.3) is 0 Å². The number of ketones is 2. The Morgan fingerprint density at radius 2 is 1.72 bits per heavy atom. The third-order valence-corrected chi connectivity index (χ3v) is 5.74. The van der Waals surface area contributed by atoms with Gasteiger partial charge in [0.05, 0.1) is 10.8 Å². The Hall–Kier alpha value is -1.29. The molecular weight excluding hydrogens is 248 g/mol. The maximum Gasteiger partial charge on any atom is 0.149 e. The summed E-state index contributed by atoms with van der Waals surface area (Å²) >= 11 is 0. The second-order valence-corrected chi connectivity index (χ2v) is 6.65. The van der Waals surface area contributed by atoms with Gasteiger partial charge in [0.25, 0.3) is 0 Å². The van der Waals surface area contributed by atoms with Crippen molar-refractivity contribution in [1.29, 1.82) is 0 Å². The highest BCUT2D eigenvalue weighted by molar-refractivity contribution is 7.86. The van der Waals surface area contributed by atoms with E-state index in [1.165, 1.54) is 0 Å². The van der Waals surface area contributed by atoms with E-state index in [9.17, 15) is 13.8 Å². The van der Waals surface area contributed by atoms with E-state index < -0.39 is 16.0 Å². The van der Waals surface area contributed by atoms with Gasteiger partial charge >= 0.3 is 0 Å². The molecule has 0 spiro atoms. The summed E-state index contributed by atoms with van der Waals surface area (Å²) in [6, 6.07) is 9.08. The van der Waals surface area contributed by atoms with Crippen LogP contribution in [-0.2, 0) is 20.4 Å². The van der Waals surface area contributed by atoms with Gasteiger partial charge in [-0.25, -0.2) is 0 Å². The van der Waals surface area contributed by atoms with E-state index in [4.69, 9.17) is 0 Å². The van der Waals surface area contributed by atoms with Gasteiger partial charge in [0.2, 0.25) is 0 Å². The van der Waals surface area contributed by atoms with Crippen LogP contribution in [0.4, 0.5) is 0 Å². The molecule has 2 saturated carbocycles. The van der Waals surface area contributed by atoms with Crippen molar-refractivity contribution < 1.29 is 13.8 Å². The topological polar surface area (TPSA) is 51.2 Å². The Labute approximate surface area is 108 Å². The normalized spacial score (nSPS) is 32.6. The van der Waals surface area contributed by atoms with Gasteiger partial charge in [-0.2, -0.15) is 0 Å². The third-order valence-electron chi connectivity index (χ3n) is 3.93. The standard InChI is InChI=1S/C14H14O3S/c15-10-6-9-7-13(16)14(12(9)8-10)18(17)11-4-2-1-3-5-11/h1-5,9,12,14H,6-8H2/t9-,12-,14+,18-/m1/s1. The Morgan fingerprint density at radius 1 is 1.00 bits per heavy atom. The molecule has 0 unspecified atom stereocenters. The molecule has 4 atom stereocenters.